The summed E-state index contributed by atoms with van der Waals surface area (Å²) in [6, 6.07) is 21.6. The monoisotopic (exact) mass is 461 g/mol. The van der Waals surface area contributed by atoms with Crippen LogP contribution in [0.3, 0.4) is 0 Å². The summed E-state index contributed by atoms with van der Waals surface area (Å²) in [5, 5.41) is 1.18. The third-order valence-electron chi connectivity index (χ3n) is 5.67. The first-order chi connectivity index (χ1) is 13.1. The molecule has 3 aromatic rings. The Morgan fingerprint density at radius 3 is 2.34 bits per heavy atom. The van der Waals surface area contributed by atoms with E-state index in [0.29, 0.717) is 0 Å². The molecule has 0 N–H and O–H groups in total. The molecule has 1 aliphatic heterocycles. The fourth-order valence-electron chi connectivity index (χ4n) is 4.01. The summed E-state index contributed by atoms with van der Waals surface area (Å²) >= 11 is -3.30. The van der Waals surface area contributed by atoms with Crippen LogP contribution in [0.5, 0.6) is 0 Å². The van der Waals surface area contributed by atoms with Crippen LogP contribution in [0, 0.1) is 0 Å². The molecule has 1 aromatic heterocycles. The minimum atomic E-state index is -3.30. The number of halogens is 2. The van der Waals surface area contributed by atoms with Crippen molar-refractivity contribution in [1.82, 2.24) is 4.98 Å². The first-order valence-corrected chi connectivity index (χ1v) is 13.5. The standard InChI is InChI=1S/C9H6N.C7H4N.C6H5.2CH3.2ClH.Cr/c1-2-6-9-8(4-1)5-3-7-10-9;1-2-6-4-5-8-7(6)3-1;1-2-4-6-5-3-1;;;;;/h1-5,7H;1-4H;1-5H;2*1H3;2*1H;. The van der Waals surface area contributed by atoms with E-state index < -0.39 is 12.0 Å². The van der Waals surface area contributed by atoms with E-state index in [9.17, 15) is 0 Å². The van der Waals surface area contributed by atoms with Crippen molar-refractivity contribution >= 4 is 49.1 Å². The molecule has 2 aromatic carbocycles. The zero-order valence-corrected chi connectivity index (χ0v) is 19.2. The van der Waals surface area contributed by atoms with Crippen LogP contribution in [0.15, 0.2) is 107 Å². The van der Waals surface area contributed by atoms with Crippen molar-refractivity contribution in [2.75, 3.05) is 0 Å². The third kappa shape index (κ3) is 3.10. The fraction of sp³-hybridized carbons (Fsp3) is 0.0833. The van der Waals surface area contributed by atoms with Gasteiger partial charge in [0.2, 0.25) is 0 Å². The van der Waals surface area contributed by atoms with Gasteiger partial charge in [-0.1, -0.05) is 0 Å². The normalized spacial score (nSPS) is 15.9. The molecule has 0 unspecified atom stereocenters. The number of para-hydroxylation sites is 1. The summed E-state index contributed by atoms with van der Waals surface area (Å²) in [5.41, 5.74) is 3.40. The second-order valence-electron chi connectivity index (χ2n) is 7.54. The van der Waals surface area contributed by atoms with Gasteiger partial charge in [-0.15, -0.1) is 24.8 Å². The Bertz CT molecular complexity index is 1200. The molecule has 0 spiro atoms. The molecule has 29 heavy (non-hydrogen) atoms. The summed E-state index contributed by atoms with van der Waals surface area (Å²) in [7, 11) is 0. The van der Waals surface area contributed by atoms with Crippen LogP contribution >= 0.6 is 24.8 Å². The van der Waals surface area contributed by atoms with Crippen LogP contribution in [0.1, 0.15) is 0 Å². The van der Waals surface area contributed by atoms with Gasteiger partial charge in [0.25, 0.3) is 0 Å². The fourth-order valence-corrected chi connectivity index (χ4v) is 9.92. The van der Waals surface area contributed by atoms with Crippen LogP contribution in [-0.4, -0.2) is 9.56 Å². The number of nitrogens with zero attached hydrogens (tertiary/aromatic N) is 2. The van der Waals surface area contributed by atoms with E-state index in [4.69, 9.17) is 9.98 Å². The molecule has 1 aliphatic carbocycles. The molecular weight excluding hydrogens is 439 g/mol. The van der Waals surface area contributed by atoms with Crippen molar-refractivity contribution < 1.29 is 12.0 Å². The summed E-state index contributed by atoms with van der Waals surface area (Å²) in [6.45, 7) is 0. The van der Waals surface area contributed by atoms with Gasteiger partial charge >= 0.3 is 160 Å². The topological polar surface area (TPSA) is 25.2 Å². The number of aliphatic imine (C=N–C) groups is 1. The number of rotatable bonds is 3. The van der Waals surface area contributed by atoms with Gasteiger partial charge < -0.3 is 0 Å². The van der Waals surface area contributed by atoms with Gasteiger partial charge in [-0.2, -0.15) is 0 Å². The van der Waals surface area contributed by atoms with Crippen molar-refractivity contribution in [2.45, 2.75) is 11.6 Å². The van der Waals surface area contributed by atoms with Crippen LogP contribution in [0.4, 0.5) is 0 Å². The molecule has 5 heteroatoms. The Balaban J connectivity index is 0.00000120. The number of aromatic nitrogens is 1. The summed E-state index contributed by atoms with van der Waals surface area (Å²) in [4.78, 5) is 9.92. The summed E-state index contributed by atoms with van der Waals surface area (Å²) in [6.07, 6.45) is 10.5. The number of benzene rings is 2. The van der Waals surface area contributed by atoms with Crippen molar-refractivity contribution in [3.8, 4) is 0 Å². The van der Waals surface area contributed by atoms with Crippen LogP contribution in [0.25, 0.3) is 10.9 Å². The zero-order chi connectivity index (χ0) is 18.5. The van der Waals surface area contributed by atoms with Gasteiger partial charge in [-0.3, -0.25) is 0 Å². The number of allylic oxidation sites excluding steroid dienone is 4. The maximum absolute atomic E-state index is 5.12. The molecule has 0 radical (unpaired) electrons. The molecule has 0 saturated carbocycles. The predicted molar refractivity (Wildman–Crippen MR) is 126 cm³/mol. The van der Waals surface area contributed by atoms with Gasteiger partial charge in [-0.25, -0.2) is 0 Å². The van der Waals surface area contributed by atoms with Gasteiger partial charge in [0.15, 0.2) is 0 Å². The van der Waals surface area contributed by atoms with E-state index in [1.165, 1.54) is 24.4 Å². The molecule has 5 rings (SSSR count). The molecule has 2 heterocycles. The second-order valence-corrected chi connectivity index (χ2v) is 15.7. The van der Waals surface area contributed by atoms with Crippen molar-refractivity contribution in [2.24, 2.45) is 4.99 Å². The molecule has 0 bridgehead atoms. The van der Waals surface area contributed by atoms with E-state index >= 15 is 0 Å². The Kier molecular flexibility index (Phi) is 5.65. The SMILES string of the molecule is Cl.Cl.[CH3][Cr]([CH3])([C]1=NC2=CC=CC2=C1)([c]1ccccc1)[c]1cccc2cccnc12. The number of pyridine rings is 1. The predicted octanol–water partition coefficient (Wildman–Crippen LogP) is 5.61. The Hall–Kier alpha value is -2.15. The Morgan fingerprint density at radius 1 is 0.828 bits per heavy atom. The second kappa shape index (κ2) is 7.59. The average Bonchev–Trinajstić information content (AvgIpc) is 3.31. The molecule has 0 atom stereocenters. The molecular formula is C24H23Cl2CrN2. The van der Waals surface area contributed by atoms with Crippen LogP contribution < -0.4 is 8.85 Å². The zero-order valence-electron chi connectivity index (χ0n) is 16.3. The summed E-state index contributed by atoms with van der Waals surface area (Å²) in [5.74, 6) is 4.89. The quantitative estimate of drug-likeness (QED) is 0.497. The van der Waals surface area contributed by atoms with Crippen LogP contribution in [0.2, 0.25) is 11.6 Å². The maximum atomic E-state index is 5.12. The van der Waals surface area contributed by atoms with E-state index in [1.807, 2.05) is 12.3 Å². The van der Waals surface area contributed by atoms with E-state index in [0.717, 1.165) is 11.2 Å². The van der Waals surface area contributed by atoms with Crippen molar-refractivity contribution in [3.63, 3.8) is 0 Å². The van der Waals surface area contributed by atoms with Gasteiger partial charge in [-0.05, 0) is 0 Å². The van der Waals surface area contributed by atoms with Crippen molar-refractivity contribution in [1.29, 1.82) is 0 Å². The Labute approximate surface area is 184 Å². The van der Waals surface area contributed by atoms with E-state index in [2.05, 4.69) is 90.5 Å². The number of hydrogen-bond acceptors (Lipinski definition) is 2. The van der Waals surface area contributed by atoms with Crippen LogP contribution in [-0.2, 0) is 12.0 Å². The van der Waals surface area contributed by atoms with Gasteiger partial charge in [0, 0.05) is 0 Å². The molecule has 0 fully saturated rings. The molecule has 0 saturated heterocycles. The van der Waals surface area contributed by atoms with Gasteiger partial charge in [0.05, 0.1) is 0 Å². The molecule has 2 nitrogen and oxygen atoms in total. The third-order valence-corrected chi connectivity index (χ3v) is 13.2. The van der Waals surface area contributed by atoms with Gasteiger partial charge in [0.1, 0.15) is 0 Å². The first-order valence-electron chi connectivity index (χ1n) is 9.04. The molecule has 2 aliphatic rings. The van der Waals surface area contributed by atoms with E-state index in [-0.39, 0.29) is 24.8 Å². The first kappa shape index (κ1) is 21.6. The summed E-state index contributed by atoms with van der Waals surface area (Å²) < 4.78 is 3.92. The molecule has 149 valence electrons. The average molecular weight is 462 g/mol. The number of hydrogen-bond donors (Lipinski definition) is 0. The minimum absolute atomic E-state index is 0. The van der Waals surface area contributed by atoms with E-state index in [1.54, 1.807) is 0 Å². The Morgan fingerprint density at radius 2 is 1.59 bits per heavy atom. The number of fused-ring (bicyclic) bond motifs is 2. The molecule has 0 amide bonds. The van der Waals surface area contributed by atoms with Crippen molar-refractivity contribution in [3.05, 3.63) is 102 Å².